The molecule has 8 nitrogen and oxygen atoms in total. The van der Waals surface area contributed by atoms with Gasteiger partial charge in [0, 0.05) is 12.2 Å². The van der Waals surface area contributed by atoms with Crippen LogP contribution >= 0.6 is 0 Å². The second kappa shape index (κ2) is 12.7. The van der Waals surface area contributed by atoms with Crippen molar-refractivity contribution >= 4 is 23.5 Å². The van der Waals surface area contributed by atoms with Crippen molar-refractivity contribution in [3.05, 3.63) is 90.5 Å². The normalized spacial score (nSPS) is 27.6. The minimum absolute atomic E-state index is 0.158. The lowest BCUT2D eigenvalue weighted by Gasteiger charge is -2.40. The molecule has 2 bridgehead atoms. The highest BCUT2D eigenvalue weighted by Gasteiger charge is 2.79. The molecule has 5 rings (SSSR count). The smallest absolute Gasteiger partial charge is 0.312 e. The van der Waals surface area contributed by atoms with Crippen molar-refractivity contribution in [2.24, 2.45) is 11.8 Å². The molecule has 3 aliphatic rings. The summed E-state index contributed by atoms with van der Waals surface area (Å²) < 4.78 is 12.6. The minimum Gasteiger partial charge on any atom is -0.465 e. The van der Waals surface area contributed by atoms with E-state index in [1.165, 1.54) is 0 Å². The Morgan fingerprint density at radius 3 is 2.43 bits per heavy atom. The summed E-state index contributed by atoms with van der Waals surface area (Å²) in [7, 11) is 0. The van der Waals surface area contributed by atoms with Gasteiger partial charge in [-0.1, -0.05) is 67.6 Å². The molecule has 234 valence electrons. The lowest BCUT2D eigenvalue weighted by molar-refractivity contribution is -0.162. The minimum atomic E-state index is -1.24. The fourth-order valence-electron chi connectivity index (χ4n) is 7.96. The SMILES string of the molecule is C=CCCOC(=O)[C@H]1[C@H]2C(=O)N([C@@H](CO)Cc3ccccc3)C(C(=O)N(CC=C)c3c(C)cccc3C)C23CC[C@]1(CC)O3. The molecule has 0 saturated carbocycles. The molecule has 0 aromatic heterocycles. The number of aliphatic hydroxyl groups is 1. The van der Waals surface area contributed by atoms with Gasteiger partial charge in [-0.15, -0.1) is 13.2 Å². The largest absolute Gasteiger partial charge is 0.465 e. The van der Waals surface area contributed by atoms with Crippen molar-refractivity contribution in [1.29, 1.82) is 0 Å². The van der Waals surface area contributed by atoms with Gasteiger partial charge in [-0.25, -0.2) is 0 Å². The van der Waals surface area contributed by atoms with Crippen LogP contribution in [0, 0.1) is 25.7 Å². The van der Waals surface area contributed by atoms with Gasteiger partial charge in [-0.3, -0.25) is 14.4 Å². The standard InChI is InChI=1S/C36H44N2O6/c1-6-9-21-43-34(42)29-28-32(40)38(27(23-39)22-26-16-11-10-12-17-26)31(36(28)19-18-35(29,8-3)44-36)33(41)37(20-7-2)30-24(4)14-13-15-25(30)5/h6-7,10-17,27-29,31,39H,1-2,8-9,18-23H2,3-5H3/t27-,28+,29-,31?,35+,36?/m1/s1. The summed E-state index contributed by atoms with van der Waals surface area (Å²) in [6.07, 6.45) is 5.66. The maximum Gasteiger partial charge on any atom is 0.312 e. The molecule has 3 fully saturated rings. The number of aliphatic hydroxyl groups excluding tert-OH is 1. The molecule has 3 heterocycles. The van der Waals surface area contributed by atoms with Gasteiger partial charge in [0.15, 0.2) is 0 Å². The molecular weight excluding hydrogens is 556 g/mol. The molecule has 8 heteroatoms. The number of nitrogens with zero attached hydrogens (tertiary/aromatic N) is 2. The molecule has 2 unspecified atom stereocenters. The van der Waals surface area contributed by atoms with Gasteiger partial charge >= 0.3 is 5.97 Å². The first-order chi connectivity index (χ1) is 21.2. The van der Waals surface area contributed by atoms with Crippen LogP contribution in [0.4, 0.5) is 5.69 Å². The van der Waals surface area contributed by atoms with E-state index >= 15 is 4.79 Å². The first-order valence-corrected chi connectivity index (χ1v) is 15.6. The third-order valence-corrected chi connectivity index (χ3v) is 9.88. The average molecular weight is 601 g/mol. The lowest BCUT2D eigenvalue weighted by atomic mass is 9.65. The number of carbonyl (C=O) groups excluding carboxylic acids is 3. The number of fused-ring (bicyclic) bond motifs is 1. The molecule has 1 N–H and O–H groups in total. The Hall–Kier alpha value is -3.75. The number of esters is 1. The second-order valence-electron chi connectivity index (χ2n) is 12.3. The Bertz CT molecular complexity index is 1400. The van der Waals surface area contributed by atoms with Gasteiger partial charge in [-0.2, -0.15) is 0 Å². The predicted octanol–water partition coefficient (Wildman–Crippen LogP) is 4.70. The molecule has 2 amide bonds. The highest BCUT2D eigenvalue weighted by atomic mass is 16.6. The lowest BCUT2D eigenvalue weighted by Crippen LogP contribution is -2.59. The van der Waals surface area contributed by atoms with Crippen LogP contribution in [-0.4, -0.2) is 70.8 Å². The van der Waals surface area contributed by atoms with Crippen molar-refractivity contribution in [3.8, 4) is 0 Å². The second-order valence-corrected chi connectivity index (χ2v) is 12.3. The third kappa shape index (κ3) is 5.08. The van der Waals surface area contributed by atoms with Crippen LogP contribution in [0.1, 0.15) is 49.3 Å². The zero-order valence-electron chi connectivity index (χ0n) is 26.0. The third-order valence-electron chi connectivity index (χ3n) is 9.88. The summed E-state index contributed by atoms with van der Waals surface area (Å²) in [6.45, 7) is 13.5. The molecule has 0 radical (unpaired) electrons. The van der Waals surface area contributed by atoms with E-state index in [1.54, 1.807) is 22.0 Å². The molecule has 2 aromatic rings. The Balaban J connectivity index is 1.65. The Kier molecular flexibility index (Phi) is 9.14. The van der Waals surface area contributed by atoms with E-state index in [0.29, 0.717) is 32.1 Å². The van der Waals surface area contributed by atoms with Gasteiger partial charge in [-0.05, 0) is 62.6 Å². The Morgan fingerprint density at radius 2 is 1.82 bits per heavy atom. The first-order valence-electron chi connectivity index (χ1n) is 15.6. The maximum absolute atomic E-state index is 15.1. The van der Waals surface area contributed by atoms with Crippen molar-refractivity contribution < 1.29 is 29.0 Å². The van der Waals surface area contributed by atoms with E-state index in [0.717, 1.165) is 22.4 Å². The molecular formula is C36H44N2O6. The molecule has 1 spiro atoms. The summed E-state index contributed by atoms with van der Waals surface area (Å²) in [5, 5.41) is 10.8. The number of anilines is 1. The Labute approximate surface area is 260 Å². The van der Waals surface area contributed by atoms with E-state index in [2.05, 4.69) is 13.2 Å². The zero-order valence-corrected chi connectivity index (χ0v) is 26.0. The van der Waals surface area contributed by atoms with E-state index in [4.69, 9.17) is 9.47 Å². The van der Waals surface area contributed by atoms with Gasteiger partial charge < -0.3 is 24.4 Å². The first kappa shape index (κ1) is 31.7. The zero-order chi connectivity index (χ0) is 31.6. The Morgan fingerprint density at radius 1 is 1.11 bits per heavy atom. The molecule has 3 aliphatic heterocycles. The number of hydrogen-bond acceptors (Lipinski definition) is 6. The van der Waals surface area contributed by atoms with Gasteiger partial charge in [0.05, 0.1) is 30.8 Å². The quantitative estimate of drug-likeness (QED) is 0.204. The fourth-order valence-corrected chi connectivity index (χ4v) is 7.96. The summed E-state index contributed by atoms with van der Waals surface area (Å²) >= 11 is 0. The summed E-state index contributed by atoms with van der Waals surface area (Å²) in [6, 6.07) is 13.7. The number of aryl methyl sites for hydroxylation is 2. The number of rotatable bonds is 13. The van der Waals surface area contributed by atoms with Crippen LogP contribution in [0.25, 0.3) is 0 Å². The molecule has 44 heavy (non-hydrogen) atoms. The highest BCUT2D eigenvalue weighted by molar-refractivity contribution is 6.05. The maximum atomic E-state index is 15.1. The van der Waals surface area contributed by atoms with Crippen molar-refractivity contribution in [1.82, 2.24) is 4.90 Å². The monoisotopic (exact) mass is 600 g/mol. The number of likely N-dealkylation sites (tertiary alicyclic amines) is 1. The number of carbonyl (C=O) groups is 3. The molecule has 2 aromatic carbocycles. The van der Waals surface area contributed by atoms with E-state index in [-0.39, 0.29) is 31.6 Å². The number of benzene rings is 2. The van der Waals surface area contributed by atoms with Gasteiger partial charge in [0.2, 0.25) is 5.91 Å². The number of amides is 2. The van der Waals surface area contributed by atoms with Crippen molar-refractivity contribution in [2.45, 2.75) is 76.2 Å². The highest BCUT2D eigenvalue weighted by Crippen LogP contribution is 2.65. The van der Waals surface area contributed by atoms with Crippen LogP contribution in [0.3, 0.4) is 0 Å². The summed E-state index contributed by atoms with van der Waals surface area (Å²) in [5.41, 5.74) is 1.36. The molecule has 3 saturated heterocycles. The van der Waals surface area contributed by atoms with E-state index in [1.807, 2.05) is 69.3 Å². The molecule has 6 atom stereocenters. The number of ether oxygens (including phenoxy) is 2. The van der Waals surface area contributed by atoms with Gasteiger partial charge in [0.1, 0.15) is 17.6 Å². The van der Waals surface area contributed by atoms with Crippen molar-refractivity contribution in [3.63, 3.8) is 0 Å². The van der Waals surface area contributed by atoms with Crippen LogP contribution in [0.15, 0.2) is 73.8 Å². The topological polar surface area (TPSA) is 96.4 Å². The number of para-hydroxylation sites is 1. The summed E-state index contributed by atoms with van der Waals surface area (Å²) in [5.74, 6) is -2.91. The number of hydrogen-bond donors (Lipinski definition) is 1. The fraction of sp³-hybridized carbons (Fsp3) is 0.472. The summed E-state index contributed by atoms with van der Waals surface area (Å²) in [4.78, 5) is 46.8. The molecule has 0 aliphatic carbocycles. The van der Waals surface area contributed by atoms with E-state index < -0.39 is 41.1 Å². The predicted molar refractivity (Wildman–Crippen MR) is 169 cm³/mol. The van der Waals surface area contributed by atoms with Crippen LogP contribution < -0.4 is 4.90 Å². The van der Waals surface area contributed by atoms with Crippen LogP contribution in [0.2, 0.25) is 0 Å². The van der Waals surface area contributed by atoms with Crippen molar-refractivity contribution in [2.75, 3.05) is 24.7 Å². The van der Waals surface area contributed by atoms with Crippen LogP contribution in [0.5, 0.6) is 0 Å². The van der Waals surface area contributed by atoms with Crippen LogP contribution in [-0.2, 0) is 30.3 Å². The van der Waals surface area contributed by atoms with E-state index in [9.17, 15) is 14.7 Å². The van der Waals surface area contributed by atoms with Gasteiger partial charge in [0.25, 0.3) is 5.91 Å². The average Bonchev–Trinajstić information content (AvgIpc) is 3.63.